The third-order valence-electron chi connectivity index (χ3n) is 3.06. The first-order valence-electron chi connectivity index (χ1n) is 5.90. The highest BCUT2D eigenvalue weighted by Gasteiger charge is 2.33. The number of methoxy groups -OCH3 is 1. The first kappa shape index (κ1) is 14.0. The number of imide groups is 1. The largest absolute Gasteiger partial charge is 0.480 e. The van der Waals surface area contributed by atoms with Crippen LogP contribution in [0.2, 0.25) is 0 Å². The number of amides is 2. The van der Waals surface area contributed by atoms with Gasteiger partial charge in [-0.2, -0.15) is 0 Å². The molecule has 1 heterocycles. The van der Waals surface area contributed by atoms with Crippen molar-refractivity contribution in [2.24, 2.45) is 0 Å². The van der Waals surface area contributed by atoms with Crippen LogP contribution in [0.3, 0.4) is 0 Å². The highest BCUT2D eigenvalue weighted by Crippen LogP contribution is 2.25. The van der Waals surface area contributed by atoms with Crippen LogP contribution in [0.4, 0.5) is 5.69 Å². The van der Waals surface area contributed by atoms with E-state index < -0.39 is 17.9 Å². The molecule has 20 heavy (non-hydrogen) atoms. The molecule has 1 atom stereocenters. The van der Waals surface area contributed by atoms with E-state index in [0.29, 0.717) is 11.3 Å². The first-order chi connectivity index (χ1) is 9.45. The molecule has 7 heteroatoms. The lowest BCUT2D eigenvalue weighted by atomic mass is 10.1. The highest BCUT2D eigenvalue weighted by atomic mass is 16.5. The van der Waals surface area contributed by atoms with Gasteiger partial charge in [0, 0.05) is 19.8 Å². The number of aliphatic carboxylic acids is 1. The van der Waals surface area contributed by atoms with Crippen LogP contribution in [0, 0.1) is 0 Å². The van der Waals surface area contributed by atoms with Crippen LogP contribution in [-0.4, -0.2) is 54.6 Å². The second-order valence-corrected chi connectivity index (χ2v) is 4.42. The molecule has 1 aliphatic heterocycles. The number of nitrogens with zero attached hydrogens (tertiary/aromatic N) is 1. The fourth-order valence-corrected chi connectivity index (χ4v) is 1.99. The summed E-state index contributed by atoms with van der Waals surface area (Å²) in [7, 11) is 2.81. The van der Waals surface area contributed by atoms with Gasteiger partial charge in [-0.25, -0.2) is 4.79 Å². The Hall–Kier alpha value is -2.41. The maximum absolute atomic E-state index is 11.8. The molecule has 0 spiro atoms. The van der Waals surface area contributed by atoms with E-state index in [2.05, 4.69) is 5.32 Å². The van der Waals surface area contributed by atoms with Crippen molar-refractivity contribution in [3.05, 3.63) is 29.3 Å². The van der Waals surface area contributed by atoms with E-state index in [4.69, 9.17) is 9.84 Å². The van der Waals surface area contributed by atoms with Gasteiger partial charge in [0.25, 0.3) is 11.8 Å². The minimum Gasteiger partial charge on any atom is -0.480 e. The van der Waals surface area contributed by atoms with Crippen LogP contribution in [0.25, 0.3) is 0 Å². The van der Waals surface area contributed by atoms with Crippen LogP contribution >= 0.6 is 0 Å². The zero-order valence-electron chi connectivity index (χ0n) is 11.0. The summed E-state index contributed by atoms with van der Waals surface area (Å²) >= 11 is 0. The smallest absolute Gasteiger partial charge is 0.328 e. The molecular formula is C13H14N2O5. The van der Waals surface area contributed by atoms with Crippen molar-refractivity contribution in [3.8, 4) is 0 Å². The third-order valence-corrected chi connectivity index (χ3v) is 3.06. The van der Waals surface area contributed by atoms with Gasteiger partial charge in [0.1, 0.15) is 6.04 Å². The van der Waals surface area contributed by atoms with Gasteiger partial charge < -0.3 is 15.2 Å². The summed E-state index contributed by atoms with van der Waals surface area (Å²) in [6, 6.07) is 3.62. The fraction of sp³-hybridized carbons (Fsp3) is 0.308. The van der Waals surface area contributed by atoms with Gasteiger partial charge in [0.2, 0.25) is 0 Å². The Morgan fingerprint density at radius 3 is 2.60 bits per heavy atom. The summed E-state index contributed by atoms with van der Waals surface area (Å²) in [5.74, 6) is -1.82. The van der Waals surface area contributed by atoms with Crippen molar-refractivity contribution in [2.45, 2.75) is 6.04 Å². The molecule has 2 N–H and O–H groups in total. The third kappa shape index (κ3) is 2.35. The predicted octanol–water partition coefficient (Wildman–Crippen LogP) is 0.424. The summed E-state index contributed by atoms with van der Waals surface area (Å²) in [5.41, 5.74) is 1.04. The van der Waals surface area contributed by atoms with Crippen molar-refractivity contribution in [3.63, 3.8) is 0 Å². The van der Waals surface area contributed by atoms with Gasteiger partial charge >= 0.3 is 5.97 Å². The molecule has 0 fully saturated rings. The van der Waals surface area contributed by atoms with E-state index in [1.54, 1.807) is 6.07 Å². The highest BCUT2D eigenvalue weighted by molar-refractivity contribution is 6.21. The Morgan fingerprint density at radius 1 is 1.35 bits per heavy atom. The molecule has 0 saturated heterocycles. The van der Waals surface area contributed by atoms with Gasteiger partial charge in [-0.3, -0.25) is 14.5 Å². The average molecular weight is 278 g/mol. The zero-order chi connectivity index (χ0) is 14.9. The molecule has 0 bridgehead atoms. The van der Waals surface area contributed by atoms with Crippen molar-refractivity contribution in [2.75, 3.05) is 26.1 Å². The van der Waals surface area contributed by atoms with Gasteiger partial charge in [-0.15, -0.1) is 0 Å². The Morgan fingerprint density at radius 2 is 2.00 bits per heavy atom. The maximum atomic E-state index is 11.8. The fourth-order valence-electron chi connectivity index (χ4n) is 1.99. The van der Waals surface area contributed by atoms with Gasteiger partial charge in [-0.1, -0.05) is 0 Å². The molecule has 1 aliphatic rings. The minimum absolute atomic E-state index is 0.0147. The number of carboxylic acids is 1. The zero-order valence-corrected chi connectivity index (χ0v) is 11.0. The molecular weight excluding hydrogens is 264 g/mol. The summed E-state index contributed by atoms with van der Waals surface area (Å²) in [4.78, 5) is 35.6. The molecule has 1 aromatic rings. The summed E-state index contributed by atoms with van der Waals surface area (Å²) in [6.07, 6.45) is 0. The maximum Gasteiger partial charge on any atom is 0.328 e. The Labute approximate surface area is 115 Å². The lowest BCUT2D eigenvalue weighted by molar-refractivity contribution is -0.139. The Bertz CT molecular complexity index is 584. The standard InChI is InChI=1S/C13H14N2O5/c1-15-11(16)8-4-3-7(5-9(8)12(15)17)14-10(6-20-2)13(18)19/h3-5,10,14H,6H2,1-2H3,(H,18,19). The number of hydrogen-bond acceptors (Lipinski definition) is 5. The number of ether oxygens (including phenoxy) is 1. The van der Waals surface area contributed by atoms with E-state index in [1.165, 1.54) is 26.3 Å². The number of rotatable bonds is 5. The molecule has 106 valence electrons. The molecule has 0 aromatic heterocycles. The lowest BCUT2D eigenvalue weighted by Gasteiger charge is -2.15. The molecule has 1 unspecified atom stereocenters. The van der Waals surface area contributed by atoms with Gasteiger partial charge in [-0.05, 0) is 18.2 Å². The number of carbonyl (C=O) groups is 3. The summed E-state index contributed by atoms with van der Waals surface area (Å²) in [5, 5.41) is 11.8. The number of anilines is 1. The predicted molar refractivity (Wildman–Crippen MR) is 69.8 cm³/mol. The molecule has 0 aliphatic carbocycles. The molecule has 2 rings (SSSR count). The van der Waals surface area contributed by atoms with Crippen molar-refractivity contribution >= 4 is 23.5 Å². The number of carbonyl (C=O) groups excluding carboxylic acids is 2. The molecule has 0 saturated carbocycles. The van der Waals surface area contributed by atoms with Crippen molar-refractivity contribution < 1.29 is 24.2 Å². The SMILES string of the molecule is COCC(Nc1ccc2c(c1)C(=O)N(C)C2=O)C(=O)O. The van der Waals surface area contributed by atoms with Crippen molar-refractivity contribution in [1.82, 2.24) is 4.90 Å². The van der Waals surface area contributed by atoms with Crippen LogP contribution in [-0.2, 0) is 9.53 Å². The van der Waals surface area contributed by atoms with E-state index in [0.717, 1.165) is 4.90 Å². The lowest BCUT2D eigenvalue weighted by Crippen LogP contribution is -2.33. The molecule has 1 aromatic carbocycles. The van der Waals surface area contributed by atoms with E-state index in [-0.39, 0.29) is 18.1 Å². The van der Waals surface area contributed by atoms with Crippen LogP contribution < -0.4 is 5.32 Å². The number of fused-ring (bicyclic) bond motifs is 1. The van der Waals surface area contributed by atoms with Crippen LogP contribution in [0.15, 0.2) is 18.2 Å². The normalized spacial score (nSPS) is 15.2. The quantitative estimate of drug-likeness (QED) is 0.758. The van der Waals surface area contributed by atoms with E-state index >= 15 is 0 Å². The number of carboxylic acid groups (broad SMARTS) is 1. The number of benzene rings is 1. The first-order valence-corrected chi connectivity index (χ1v) is 5.90. The topological polar surface area (TPSA) is 95.9 Å². The van der Waals surface area contributed by atoms with E-state index in [1.807, 2.05) is 0 Å². The monoisotopic (exact) mass is 278 g/mol. The van der Waals surface area contributed by atoms with Crippen LogP contribution in [0.1, 0.15) is 20.7 Å². The van der Waals surface area contributed by atoms with Gasteiger partial charge in [0.05, 0.1) is 17.7 Å². The minimum atomic E-state index is -1.06. The summed E-state index contributed by atoms with van der Waals surface area (Å²) in [6.45, 7) is -0.0147. The Balaban J connectivity index is 2.27. The average Bonchev–Trinajstić information content (AvgIpc) is 2.63. The summed E-state index contributed by atoms with van der Waals surface area (Å²) < 4.78 is 4.81. The van der Waals surface area contributed by atoms with E-state index in [9.17, 15) is 14.4 Å². The second-order valence-electron chi connectivity index (χ2n) is 4.42. The number of hydrogen-bond donors (Lipinski definition) is 2. The van der Waals surface area contributed by atoms with Crippen LogP contribution in [0.5, 0.6) is 0 Å². The second kappa shape index (κ2) is 5.30. The van der Waals surface area contributed by atoms with Gasteiger partial charge in [0.15, 0.2) is 0 Å². The number of nitrogens with one attached hydrogen (secondary N) is 1. The Kier molecular flexibility index (Phi) is 3.71. The van der Waals surface area contributed by atoms with Crippen molar-refractivity contribution in [1.29, 1.82) is 0 Å². The molecule has 2 amide bonds. The molecule has 0 radical (unpaired) electrons. The molecule has 7 nitrogen and oxygen atoms in total.